The first kappa shape index (κ1) is 20.8. The maximum Gasteiger partial charge on any atom is 0.238 e. The van der Waals surface area contributed by atoms with Gasteiger partial charge in [0, 0.05) is 5.92 Å². The highest BCUT2D eigenvalue weighted by atomic mass is 16.2. The van der Waals surface area contributed by atoms with Gasteiger partial charge in [0.2, 0.25) is 5.91 Å². The van der Waals surface area contributed by atoms with Crippen LogP contribution >= 0.6 is 0 Å². The van der Waals surface area contributed by atoms with E-state index in [0.717, 1.165) is 17.5 Å². The summed E-state index contributed by atoms with van der Waals surface area (Å²) in [5, 5.41) is 6.08. The van der Waals surface area contributed by atoms with Gasteiger partial charge in [-0.3, -0.25) is 9.59 Å². The maximum absolute atomic E-state index is 12.9. The van der Waals surface area contributed by atoms with Crippen molar-refractivity contribution in [1.82, 2.24) is 10.6 Å². The number of nitrogens with one attached hydrogen (secondary N) is 2. The third-order valence-corrected chi connectivity index (χ3v) is 4.99. The molecule has 4 heteroatoms. The van der Waals surface area contributed by atoms with E-state index in [9.17, 15) is 9.59 Å². The molecule has 3 atom stereocenters. The predicted molar refractivity (Wildman–Crippen MR) is 110 cm³/mol. The first-order chi connectivity index (χ1) is 13.0. The van der Waals surface area contributed by atoms with Crippen LogP contribution in [0.3, 0.4) is 0 Å². The van der Waals surface area contributed by atoms with Crippen LogP contribution in [0.15, 0.2) is 60.7 Å². The minimum absolute atomic E-state index is 0.0822. The molecular formula is C23H30N2O2. The topological polar surface area (TPSA) is 58.2 Å². The second-order valence-electron chi connectivity index (χ2n) is 6.99. The van der Waals surface area contributed by atoms with Crippen LogP contribution in [0.2, 0.25) is 0 Å². The summed E-state index contributed by atoms with van der Waals surface area (Å²) in [6.45, 7) is 3.92. The van der Waals surface area contributed by atoms with E-state index in [1.807, 2.05) is 74.5 Å². The first-order valence-electron chi connectivity index (χ1n) is 9.64. The van der Waals surface area contributed by atoms with E-state index in [0.29, 0.717) is 12.8 Å². The molecule has 0 saturated carbocycles. The number of benzene rings is 2. The summed E-state index contributed by atoms with van der Waals surface area (Å²) in [6.07, 6.45) is 1.86. The van der Waals surface area contributed by atoms with Gasteiger partial charge in [0.05, 0.1) is 12.1 Å². The van der Waals surface area contributed by atoms with Crippen LogP contribution in [0.1, 0.15) is 31.4 Å². The Morgan fingerprint density at radius 3 is 1.78 bits per heavy atom. The molecule has 0 heterocycles. The fourth-order valence-electron chi connectivity index (χ4n) is 3.07. The zero-order chi connectivity index (χ0) is 19.6. The molecule has 2 aromatic rings. The molecule has 2 aromatic carbocycles. The molecule has 0 radical (unpaired) electrons. The molecule has 0 aromatic heterocycles. The predicted octanol–water partition coefficient (Wildman–Crippen LogP) is 3.16. The summed E-state index contributed by atoms with van der Waals surface area (Å²) < 4.78 is 0. The van der Waals surface area contributed by atoms with Crippen molar-refractivity contribution in [3.8, 4) is 0 Å². The second kappa shape index (κ2) is 10.6. The number of likely N-dealkylation sites (N-methyl/N-ethyl adjacent to an activating group) is 1. The molecule has 144 valence electrons. The van der Waals surface area contributed by atoms with Crippen molar-refractivity contribution in [3.63, 3.8) is 0 Å². The molecule has 1 amide bonds. The van der Waals surface area contributed by atoms with Gasteiger partial charge in [-0.25, -0.2) is 0 Å². The molecule has 27 heavy (non-hydrogen) atoms. The lowest BCUT2D eigenvalue weighted by Gasteiger charge is -2.24. The van der Waals surface area contributed by atoms with Crippen molar-refractivity contribution >= 4 is 11.7 Å². The molecule has 0 spiro atoms. The Hall–Kier alpha value is -2.46. The van der Waals surface area contributed by atoms with Crippen LogP contribution in [0.4, 0.5) is 0 Å². The minimum Gasteiger partial charge on any atom is -0.345 e. The van der Waals surface area contributed by atoms with Gasteiger partial charge in [0.15, 0.2) is 5.78 Å². The number of carbonyl (C=O) groups excluding carboxylic acids is 2. The lowest BCUT2D eigenvalue weighted by Crippen LogP contribution is -2.52. The fourth-order valence-corrected chi connectivity index (χ4v) is 3.07. The average Bonchev–Trinajstić information content (AvgIpc) is 2.71. The molecule has 2 rings (SSSR count). The van der Waals surface area contributed by atoms with E-state index in [1.54, 1.807) is 7.05 Å². The summed E-state index contributed by atoms with van der Waals surface area (Å²) in [6, 6.07) is 18.8. The summed E-state index contributed by atoms with van der Waals surface area (Å²) in [7, 11) is 1.77. The van der Waals surface area contributed by atoms with Crippen LogP contribution in [0, 0.1) is 5.92 Å². The molecule has 0 aliphatic heterocycles. The molecule has 0 aliphatic rings. The highest BCUT2D eigenvalue weighted by Crippen LogP contribution is 2.12. The Morgan fingerprint density at radius 1 is 0.852 bits per heavy atom. The Balaban J connectivity index is 2.11. The summed E-state index contributed by atoms with van der Waals surface area (Å²) in [5.41, 5.74) is 2.13. The smallest absolute Gasteiger partial charge is 0.238 e. The molecule has 2 N–H and O–H groups in total. The number of carbonyl (C=O) groups is 2. The van der Waals surface area contributed by atoms with E-state index in [-0.39, 0.29) is 23.7 Å². The summed E-state index contributed by atoms with van der Waals surface area (Å²) in [4.78, 5) is 25.7. The van der Waals surface area contributed by atoms with Gasteiger partial charge < -0.3 is 10.6 Å². The highest BCUT2D eigenvalue weighted by molar-refractivity contribution is 5.92. The van der Waals surface area contributed by atoms with Crippen molar-refractivity contribution in [2.45, 2.75) is 45.2 Å². The largest absolute Gasteiger partial charge is 0.345 e. The van der Waals surface area contributed by atoms with Gasteiger partial charge in [-0.2, -0.15) is 0 Å². The monoisotopic (exact) mass is 366 g/mol. The molecular weight excluding hydrogens is 336 g/mol. The van der Waals surface area contributed by atoms with E-state index in [4.69, 9.17) is 0 Å². The molecule has 0 bridgehead atoms. The summed E-state index contributed by atoms with van der Waals surface area (Å²) >= 11 is 0. The van der Waals surface area contributed by atoms with Crippen molar-refractivity contribution in [2.24, 2.45) is 5.92 Å². The number of hydrogen-bond donors (Lipinski definition) is 2. The lowest BCUT2D eigenvalue weighted by molar-refractivity contribution is -0.130. The normalized spacial score (nSPS) is 14.2. The highest BCUT2D eigenvalue weighted by Gasteiger charge is 2.27. The Labute approximate surface area is 162 Å². The van der Waals surface area contributed by atoms with E-state index < -0.39 is 6.04 Å². The van der Waals surface area contributed by atoms with Crippen molar-refractivity contribution in [3.05, 3.63) is 71.8 Å². The molecule has 0 fully saturated rings. The van der Waals surface area contributed by atoms with Gasteiger partial charge in [0.1, 0.15) is 0 Å². The SMILES string of the molecule is CCC(C)C(=O)C(Cc1ccccc1)NC(=O)C(Cc1ccccc1)NC. The van der Waals surface area contributed by atoms with Crippen LogP contribution in [0.25, 0.3) is 0 Å². The van der Waals surface area contributed by atoms with E-state index in [1.165, 1.54) is 0 Å². The standard InChI is InChI=1S/C23H30N2O2/c1-4-17(2)22(26)20(15-18-11-7-5-8-12-18)25-23(27)21(24-3)16-19-13-9-6-10-14-19/h5-14,17,20-21,24H,4,15-16H2,1-3H3,(H,25,27). The third-order valence-electron chi connectivity index (χ3n) is 4.99. The average molecular weight is 367 g/mol. The number of ketones is 1. The minimum atomic E-state index is -0.513. The molecule has 0 saturated heterocycles. The Kier molecular flexibility index (Phi) is 8.21. The van der Waals surface area contributed by atoms with Gasteiger partial charge in [-0.15, -0.1) is 0 Å². The van der Waals surface area contributed by atoms with Crippen LogP contribution in [-0.4, -0.2) is 30.8 Å². The number of rotatable bonds is 10. The van der Waals surface area contributed by atoms with Gasteiger partial charge in [0.25, 0.3) is 0 Å². The molecule has 3 unspecified atom stereocenters. The zero-order valence-electron chi connectivity index (χ0n) is 16.4. The van der Waals surface area contributed by atoms with Crippen LogP contribution in [0.5, 0.6) is 0 Å². The van der Waals surface area contributed by atoms with Gasteiger partial charge in [-0.05, 0) is 37.4 Å². The summed E-state index contributed by atoms with van der Waals surface area (Å²) in [5.74, 6) is -0.135. The van der Waals surface area contributed by atoms with E-state index >= 15 is 0 Å². The molecule has 0 aliphatic carbocycles. The number of hydrogen-bond acceptors (Lipinski definition) is 3. The fraction of sp³-hybridized carbons (Fsp3) is 0.391. The van der Waals surface area contributed by atoms with Crippen molar-refractivity contribution in [1.29, 1.82) is 0 Å². The Bertz CT molecular complexity index is 716. The maximum atomic E-state index is 12.9. The molecule has 4 nitrogen and oxygen atoms in total. The van der Waals surface area contributed by atoms with Gasteiger partial charge >= 0.3 is 0 Å². The van der Waals surface area contributed by atoms with Gasteiger partial charge in [-0.1, -0.05) is 74.5 Å². The lowest BCUT2D eigenvalue weighted by atomic mass is 9.92. The van der Waals surface area contributed by atoms with Crippen molar-refractivity contribution < 1.29 is 9.59 Å². The number of amides is 1. The van der Waals surface area contributed by atoms with Crippen molar-refractivity contribution in [2.75, 3.05) is 7.05 Å². The third kappa shape index (κ3) is 6.33. The van der Waals surface area contributed by atoms with Crippen LogP contribution in [-0.2, 0) is 22.4 Å². The van der Waals surface area contributed by atoms with E-state index in [2.05, 4.69) is 10.6 Å². The second-order valence-corrected chi connectivity index (χ2v) is 6.99. The Morgan fingerprint density at radius 2 is 1.33 bits per heavy atom. The zero-order valence-corrected chi connectivity index (χ0v) is 16.4. The van der Waals surface area contributed by atoms with Crippen LogP contribution < -0.4 is 10.6 Å². The first-order valence-corrected chi connectivity index (χ1v) is 9.64. The number of Topliss-reactive ketones (excluding diaryl/α,β-unsaturated/α-hetero) is 1. The quantitative estimate of drug-likeness (QED) is 0.679.